The lowest BCUT2D eigenvalue weighted by atomic mass is 9.82. The number of benzene rings is 2. The van der Waals surface area contributed by atoms with E-state index in [9.17, 15) is 14.4 Å². The number of nitrogens with two attached hydrogens (primary N) is 1. The maximum atomic E-state index is 12.6. The van der Waals surface area contributed by atoms with E-state index >= 15 is 0 Å². The molecule has 1 saturated carbocycles. The van der Waals surface area contributed by atoms with E-state index in [1.807, 2.05) is 0 Å². The summed E-state index contributed by atoms with van der Waals surface area (Å²) in [4.78, 5) is 39.1. The number of hydrogen-bond donors (Lipinski definition) is 2. The molecule has 1 heterocycles. The molecule has 1 aliphatic heterocycles. The van der Waals surface area contributed by atoms with Crippen molar-refractivity contribution in [2.45, 2.75) is 37.6 Å². The largest absolute Gasteiger partial charge is 0.324 e. The van der Waals surface area contributed by atoms with E-state index in [0.29, 0.717) is 35.3 Å². The summed E-state index contributed by atoms with van der Waals surface area (Å²) in [5, 5.41) is 2.85. The standard InChI is InChI=1S/C21H21N3O3/c22-21(11-4-1-5-12-21)20(27)23-14-7-6-8-15(13-14)24-18(25)16-9-2-3-10-17(16)19(24)26/h2-3,6-10,13H,1,4-5,11-12,22H2,(H,23,27). The molecule has 0 bridgehead atoms. The molecule has 0 radical (unpaired) electrons. The molecule has 2 aromatic rings. The van der Waals surface area contributed by atoms with E-state index < -0.39 is 5.54 Å². The molecule has 2 aromatic carbocycles. The van der Waals surface area contributed by atoms with Crippen molar-refractivity contribution in [1.29, 1.82) is 0 Å². The van der Waals surface area contributed by atoms with Crippen LogP contribution >= 0.6 is 0 Å². The number of rotatable bonds is 3. The molecule has 0 unspecified atom stereocenters. The highest BCUT2D eigenvalue weighted by Crippen LogP contribution is 2.31. The van der Waals surface area contributed by atoms with E-state index in [1.54, 1.807) is 48.5 Å². The van der Waals surface area contributed by atoms with Crippen LogP contribution in [-0.2, 0) is 4.79 Å². The van der Waals surface area contributed by atoms with Gasteiger partial charge >= 0.3 is 0 Å². The van der Waals surface area contributed by atoms with Crippen molar-refractivity contribution in [2.24, 2.45) is 5.73 Å². The molecule has 4 rings (SSSR count). The van der Waals surface area contributed by atoms with Gasteiger partial charge in [0.2, 0.25) is 5.91 Å². The first-order valence-corrected chi connectivity index (χ1v) is 9.18. The number of nitrogens with one attached hydrogen (secondary N) is 1. The highest BCUT2D eigenvalue weighted by Gasteiger charge is 2.37. The molecule has 3 N–H and O–H groups in total. The number of amides is 3. The number of imide groups is 1. The first-order chi connectivity index (χ1) is 13.0. The smallest absolute Gasteiger partial charge is 0.266 e. The Morgan fingerprint density at radius 3 is 2.19 bits per heavy atom. The number of carbonyl (C=O) groups excluding carboxylic acids is 3. The fourth-order valence-corrected chi connectivity index (χ4v) is 3.81. The van der Waals surface area contributed by atoms with Crippen molar-refractivity contribution < 1.29 is 14.4 Å². The Labute approximate surface area is 157 Å². The quantitative estimate of drug-likeness (QED) is 0.820. The van der Waals surface area contributed by atoms with E-state index in [0.717, 1.165) is 24.2 Å². The number of nitrogens with zero attached hydrogens (tertiary/aromatic N) is 1. The number of anilines is 2. The molecule has 1 aliphatic carbocycles. The van der Waals surface area contributed by atoms with Crippen molar-refractivity contribution >= 4 is 29.1 Å². The summed E-state index contributed by atoms with van der Waals surface area (Å²) < 4.78 is 0. The monoisotopic (exact) mass is 363 g/mol. The second-order valence-electron chi connectivity index (χ2n) is 7.21. The lowest BCUT2D eigenvalue weighted by Gasteiger charge is -2.31. The molecule has 6 heteroatoms. The van der Waals surface area contributed by atoms with Crippen molar-refractivity contribution in [3.05, 3.63) is 59.7 Å². The van der Waals surface area contributed by atoms with Gasteiger partial charge in [-0.1, -0.05) is 37.5 Å². The van der Waals surface area contributed by atoms with Crippen molar-refractivity contribution in [3.8, 4) is 0 Å². The van der Waals surface area contributed by atoms with Gasteiger partial charge in [-0.25, -0.2) is 4.90 Å². The summed E-state index contributed by atoms with van der Waals surface area (Å²) in [7, 11) is 0. The minimum Gasteiger partial charge on any atom is -0.324 e. The highest BCUT2D eigenvalue weighted by molar-refractivity contribution is 6.34. The van der Waals surface area contributed by atoms with Gasteiger partial charge in [0.1, 0.15) is 0 Å². The molecule has 6 nitrogen and oxygen atoms in total. The molecule has 2 aliphatic rings. The zero-order valence-corrected chi connectivity index (χ0v) is 14.9. The Balaban J connectivity index is 1.58. The number of hydrogen-bond acceptors (Lipinski definition) is 4. The molecule has 0 aromatic heterocycles. The zero-order chi connectivity index (χ0) is 19.0. The maximum absolute atomic E-state index is 12.6. The van der Waals surface area contributed by atoms with Gasteiger partial charge in [-0.2, -0.15) is 0 Å². The fraction of sp³-hybridized carbons (Fsp3) is 0.286. The van der Waals surface area contributed by atoms with Crippen LogP contribution in [0.15, 0.2) is 48.5 Å². The van der Waals surface area contributed by atoms with Crippen LogP contribution in [0.5, 0.6) is 0 Å². The predicted octanol–water partition coefficient (Wildman–Crippen LogP) is 3.09. The molecule has 3 amide bonds. The third-order valence-electron chi connectivity index (χ3n) is 5.35. The minimum atomic E-state index is -0.857. The van der Waals surface area contributed by atoms with Crippen LogP contribution in [-0.4, -0.2) is 23.3 Å². The Kier molecular flexibility index (Phi) is 4.28. The Hall–Kier alpha value is -2.99. The summed E-state index contributed by atoms with van der Waals surface area (Å²) in [6.07, 6.45) is 4.31. The van der Waals surface area contributed by atoms with E-state index in [1.165, 1.54) is 0 Å². The van der Waals surface area contributed by atoms with Crippen LogP contribution in [0.1, 0.15) is 52.8 Å². The van der Waals surface area contributed by atoms with Gasteiger partial charge in [-0.05, 0) is 43.2 Å². The summed E-state index contributed by atoms with van der Waals surface area (Å²) in [5.74, 6) is -0.940. The lowest BCUT2D eigenvalue weighted by Crippen LogP contribution is -2.52. The van der Waals surface area contributed by atoms with Crippen LogP contribution in [0.2, 0.25) is 0 Å². The summed E-state index contributed by atoms with van der Waals surface area (Å²) in [6.45, 7) is 0. The van der Waals surface area contributed by atoms with Crippen LogP contribution < -0.4 is 16.0 Å². The van der Waals surface area contributed by atoms with Gasteiger partial charge in [-0.15, -0.1) is 0 Å². The summed E-state index contributed by atoms with van der Waals surface area (Å²) in [5.41, 5.74) is 7.14. The van der Waals surface area contributed by atoms with Crippen LogP contribution in [0.4, 0.5) is 11.4 Å². The third kappa shape index (κ3) is 3.02. The third-order valence-corrected chi connectivity index (χ3v) is 5.35. The first-order valence-electron chi connectivity index (χ1n) is 9.18. The second kappa shape index (κ2) is 6.63. The normalized spacial score (nSPS) is 18.3. The molecule has 0 saturated heterocycles. The van der Waals surface area contributed by atoms with E-state index in [2.05, 4.69) is 5.32 Å². The van der Waals surface area contributed by atoms with Crippen LogP contribution in [0.3, 0.4) is 0 Å². The van der Waals surface area contributed by atoms with Crippen molar-refractivity contribution in [1.82, 2.24) is 0 Å². The molecule has 27 heavy (non-hydrogen) atoms. The van der Waals surface area contributed by atoms with Gasteiger partial charge in [0.15, 0.2) is 0 Å². The highest BCUT2D eigenvalue weighted by atomic mass is 16.2. The van der Waals surface area contributed by atoms with Crippen molar-refractivity contribution in [2.75, 3.05) is 10.2 Å². The Morgan fingerprint density at radius 1 is 0.926 bits per heavy atom. The predicted molar refractivity (Wildman–Crippen MR) is 103 cm³/mol. The zero-order valence-electron chi connectivity index (χ0n) is 14.9. The van der Waals surface area contributed by atoms with Crippen molar-refractivity contribution in [3.63, 3.8) is 0 Å². The molecule has 0 atom stereocenters. The minimum absolute atomic E-state index is 0.221. The SMILES string of the molecule is NC1(C(=O)Nc2cccc(N3C(=O)c4ccccc4C3=O)c2)CCCCC1. The number of fused-ring (bicyclic) bond motifs is 1. The lowest BCUT2D eigenvalue weighted by molar-refractivity contribution is -0.122. The maximum Gasteiger partial charge on any atom is 0.266 e. The molecular formula is C21H21N3O3. The van der Waals surface area contributed by atoms with Crippen LogP contribution in [0.25, 0.3) is 0 Å². The summed E-state index contributed by atoms with van der Waals surface area (Å²) in [6, 6.07) is 13.5. The van der Waals surface area contributed by atoms with Gasteiger partial charge in [0.25, 0.3) is 11.8 Å². The molecule has 138 valence electrons. The van der Waals surface area contributed by atoms with Gasteiger partial charge in [0, 0.05) is 5.69 Å². The average Bonchev–Trinajstić information content (AvgIpc) is 2.93. The average molecular weight is 363 g/mol. The Morgan fingerprint density at radius 2 is 1.56 bits per heavy atom. The molecule has 0 spiro atoms. The second-order valence-corrected chi connectivity index (χ2v) is 7.21. The first kappa shape index (κ1) is 17.4. The topological polar surface area (TPSA) is 92.5 Å². The molecule has 1 fully saturated rings. The number of carbonyl (C=O) groups is 3. The van der Waals surface area contributed by atoms with Crippen LogP contribution in [0, 0.1) is 0 Å². The van der Waals surface area contributed by atoms with E-state index in [4.69, 9.17) is 5.73 Å². The molecular weight excluding hydrogens is 342 g/mol. The van der Waals surface area contributed by atoms with E-state index in [-0.39, 0.29) is 17.7 Å². The Bertz CT molecular complexity index is 897. The summed E-state index contributed by atoms with van der Waals surface area (Å²) >= 11 is 0. The van der Waals surface area contributed by atoms with Gasteiger partial charge in [-0.3, -0.25) is 14.4 Å². The van der Waals surface area contributed by atoms with Gasteiger partial charge in [0.05, 0.1) is 22.4 Å². The fourth-order valence-electron chi connectivity index (χ4n) is 3.81. The van der Waals surface area contributed by atoms with Gasteiger partial charge < -0.3 is 11.1 Å².